The van der Waals surface area contributed by atoms with E-state index in [4.69, 9.17) is 16.3 Å². The number of methoxy groups -OCH3 is 1. The molecule has 34 heavy (non-hydrogen) atoms. The van der Waals surface area contributed by atoms with Crippen LogP contribution in [0.1, 0.15) is 63.1 Å². The number of carbonyl (C=O) groups is 1. The summed E-state index contributed by atoms with van der Waals surface area (Å²) in [6.45, 7) is 7.99. The molecular weight excluding hydrogens is 476 g/mol. The molecule has 0 saturated heterocycles. The van der Waals surface area contributed by atoms with Crippen molar-refractivity contribution >= 4 is 38.8 Å². The van der Waals surface area contributed by atoms with Gasteiger partial charge in [0.25, 0.3) is 15.9 Å². The number of carbonyl (C=O) groups excluding carboxylic acids is 1. The Morgan fingerprint density at radius 1 is 1.26 bits per heavy atom. The van der Waals surface area contributed by atoms with Crippen LogP contribution >= 0.6 is 11.6 Å². The molecule has 2 N–H and O–H groups in total. The number of amides is 1. The highest BCUT2D eigenvalue weighted by molar-refractivity contribution is 7.92. The first-order valence-electron chi connectivity index (χ1n) is 11.2. The highest BCUT2D eigenvalue weighted by atomic mass is 35.5. The van der Waals surface area contributed by atoms with Crippen LogP contribution < -0.4 is 10.0 Å². The molecular formula is C24H33ClN4O4S. The summed E-state index contributed by atoms with van der Waals surface area (Å²) in [5.41, 5.74) is 1.46. The molecule has 186 valence electrons. The first-order chi connectivity index (χ1) is 15.8. The Morgan fingerprint density at radius 2 is 1.91 bits per heavy atom. The van der Waals surface area contributed by atoms with E-state index in [-0.39, 0.29) is 33.8 Å². The number of halogens is 1. The van der Waals surface area contributed by atoms with Gasteiger partial charge in [0, 0.05) is 25.2 Å². The molecule has 1 aromatic heterocycles. The Hall–Kier alpha value is -2.36. The number of nitrogens with one attached hydrogen (secondary N) is 2. The topological polar surface area (TPSA) is 102 Å². The fourth-order valence-corrected chi connectivity index (χ4v) is 4.83. The molecule has 3 rings (SSSR count). The van der Waals surface area contributed by atoms with Crippen LogP contribution in [-0.2, 0) is 21.8 Å². The quantitative estimate of drug-likeness (QED) is 0.568. The van der Waals surface area contributed by atoms with E-state index in [1.54, 1.807) is 14.2 Å². The molecule has 2 aromatic rings. The van der Waals surface area contributed by atoms with Gasteiger partial charge in [-0.15, -0.1) is 0 Å². The number of aromatic nitrogens is 2. The molecule has 8 nitrogen and oxygen atoms in total. The predicted molar refractivity (Wildman–Crippen MR) is 134 cm³/mol. The van der Waals surface area contributed by atoms with Gasteiger partial charge in [0.1, 0.15) is 11.4 Å². The van der Waals surface area contributed by atoms with Crippen LogP contribution in [-0.4, -0.2) is 43.4 Å². The number of rotatable bonds is 7. The summed E-state index contributed by atoms with van der Waals surface area (Å²) in [4.78, 5) is 13.4. The van der Waals surface area contributed by atoms with Crippen LogP contribution in [0.2, 0.25) is 5.02 Å². The highest BCUT2D eigenvalue weighted by Gasteiger charge is 2.31. The van der Waals surface area contributed by atoms with Crippen molar-refractivity contribution in [2.75, 3.05) is 11.8 Å². The standard InChI is InChI=1S/C24H33ClN4O4S/c1-15(24(2,3)4)26-23(30)22-21(28-34(31,32)19-13-9-17(25)10-14-19)20(27-29(22)5)16-7-11-18(33-6)12-8-16/h7,9-10,13-15,18,28H,8,11-12H2,1-6H3,(H,26,30)/t15-,18?/m0/s1. The Kier molecular flexibility index (Phi) is 7.79. The number of aryl methyl sites for hydroxylation is 1. The summed E-state index contributed by atoms with van der Waals surface area (Å²) in [5, 5.41) is 7.99. The Bertz CT molecular complexity index is 1180. The number of sulfonamides is 1. The second-order valence-corrected chi connectivity index (χ2v) is 11.8. The van der Waals surface area contributed by atoms with Crippen molar-refractivity contribution in [3.05, 3.63) is 46.8 Å². The number of benzene rings is 1. The van der Waals surface area contributed by atoms with E-state index in [0.717, 1.165) is 12.0 Å². The van der Waals surface area contributed by atoms with Gasteiger partial charge < -0.3 is 10.1 Å². The van der Waals surface area contributed by atoms with Crippen LogP contribution in [0.3, 0.4) is 0 Å². The van der Waals surface area contributed by atoms with Crippen LogP contribution in [0.5, 0.6) is 0 Å². The van der Waals surface area contributed by atoms with Crippen molar-refractivity contribution in [1.82, 2.24) is 15.1 Å². The molecule has 0 saturated carbocycles. The van der Waals surface area contributed by atoms with Crippen molar-refractivity contribution in [2.45, 2.75) is 64.0 Å². The third kappa shape index (κ3) is 5.82. The molecule has 1 aliphatic carbocycles. The van der Waals surface area contributed by atoms with Crippen molar-refractivity contribution in [1.29, 1.82) is 0 Å². The molecule has 0 fully saturated rings. The molecule has 10 heteroatoms. The molecule has 1 heterocycles. The lowest BCUT2D eigenvalue weighted by molar-refractivity contribution is 0.0901. The Labute approximate surface area is 206 Å². The minimum atomic E-state index is -4.00. The van der Waals surface area contributed by atoms with E-state index in [1.807, 2.05) is 33.8 Å². The number of hydrogen-bond acceptors (Lipinski definition) is 5. The maximum Gasteiger partial charge on any atom is 0.271 e. The van der Waals surface area contributed by atoms with Crippen molar-refractivity contribution in [2.24, 2.45) is 12.5 Å². The van der Waals surface area contributed by atoms with E-state index >= 15 is 0 Å². The summed E-state index contributed by atoms with van der Waals surface area (Å²) in [5.74, 6) is -0.399. The van der Waals surface area contributed by atoms with Crippen LogP contribution in [0, 0.1) is 5.41 Å². The molecule has 0 bridgehead atoms. The molecule has 1 unspecified atom stereocenters. The predicted octanol–water partition coefficient (Wildman–Crippen LogP) is 4.62. The number of nitrogens with zero attached hydrogens (tertiary/aromatic N) is 2. The Morgan fingerprint density at radius 3 is 2.44 bits per heavy atom. The van der Waals surface area contributed by atoms with Crippen molar-refractivity contribution < 1.29 is 17.9 Å². The zero-order valence-electron chi connectivity index (χ0n) is 20.5. The molecule has 1 aromatic carbocycles. The molecule has 0 aliphatic heterocycles. The van der Waals surface area contributed by atoms with E-state index in [0.29, 0.717) is 23.6 Å². The number of hydrogen-bond donors (Lipinski definition) is 2. The second-order valence-electron chi connectivity index (χ2n) is 9.68. The zero-order chi connectivity index (χ0) is 25.3. The van der Waals surface area contributed by atoms with E-state index in [1.165, 1.54) is 28.9 Å². The largest absolute Gasteiger partial charge is 0.381 e. The fourth-order valence-electron chi connectivity index (χ4n) is 3.63. The van der Waals surface area contributed by atoms with Gasteiger partial charge >= 0.3 is 0 Å². The summed E-state index contributed by atoms with van der Waals surface area (Å²) in [7, 11) is -0.684. The highest BCUT2D eigenvalue weighted by Crippen LogP contribution is 2.35. The van der Waals surface area contributed by atoms with Gasteiger partial charge in [-0.05, 0) is 61.4 Å². The minimum Gasteiger partial charge on any atom is -0.381 e. The first-order valence-corrected chi connectivity index (χ1v) is 13.1. The Balaban J connectivity index is 2.07. The number of ether oxygens (including phenoxy) is 1. The van der Waals surface area contributed by atoms with Gasteiger partial charge in [-0.25, -0.2) is 8.42 Å². The van der Waals surface area contributed by atoms with Gasteiger partial charge in [-0.2, -0.15) is 5.10 Å². The first kappa shape index (κ1) is 26.2. The van der Waals surface area contributed by atoms with Crippen LogP contribution in [0.15, 0.2) is 35.2 Å². The van der Waals surface area contributed by atoms with Gasteiger partial charge in [0.05, 0.1) is 11.0 Å². The molecule has 0 radical (unpaired) electrons. The lowest BCUT2D eigenvalue weighted by atomic mass is 9.88. The van der Waals surface area contributed by atoms with Gasteiger partial charge in [-0.3, -0.25) is 14.2 Å². The average Bonchev–Trinajstić information content (AvgIpc) is 3.08. The summed E-state index contributed by atoms with van der Waals surface area (Å²) < 4.78 is 36.0. The van der Waals surface area contributed by atoms with Gasteiger partial charge in [0.2, 0.25) is 0 Å². The summed E-state index contributed by atoms with van der Waals surface area (Å²) in [6.07, 6.45) is 4.24. The minimum absolute atomic E-state index is 0.0400. The molecule has 0 spiro atoms. The normalized spacial score (nSPS) is 17.7. The number of anilines is 1. The maximum absolute atomic E-state index is 13.3. The lowest BCUT2D eigenvalue weighted by Gasteiger charge is -2.28. The van der Waals surface area contributed by atoms with E-state index in [2.05, 4.69) is 15.1 Å². The second kappa shape index (κ2) is 10.1. The van der Waals surface area contributed by atoms with Crippen LogP contribution in [0.25, 0.3) is 5.57 Å². The van der Waals surface area contributed by atoms with E-state index in [9.17, 15) is 13.2 Å². The molecule has 1 amide bonds. The third-order valence-corrected chi connectivity index (χ3v) is 7.89. The third-order valence-electron chi connectivity index (χ3n) is 6.27. The maximum atomic E-state index is 13.3. The summed E-state index contributed by atoms with van der Waals surface area (Å²) in [6, 6.07) is 5.70. The molecule has 2 atom stereocenters. The zero-order valence-corrected chi connectivity index (χ0v) is 22.0. The fraction of sp³-hybridized carbons (Fsp3) is 0.500. The van der Waals surface area contributed by atoms with Gasteiger partial charge in [-0.1, -0.05) is 38.4 Å². The molecule has 1 aliphatic rings. The van der Waals surface area contributed by atoms with Gasteiger partial charge in [0.15, 0.2) is 5.69 Å². The summed E-state index contributed by atoms with van der Waals surface area (Å²) >= 11 is 5.93. The average molecular weight is 509 g/mol. The van der Waals surface area contributed by atoms with E-state index < -0.39 is 15.9 Å². The van der Waals surface area contributed by atoms with Crippen LogP contribution in [0.4, 0.5) is 5.69 Å². The monoisotopic (exact) mass is 508 g/mol. The lowest BCUT2D eigenvalue weighted by Crippen LogP contribution is -2.42. The number of allylic oxidation sites excluding steroid dienone is 1. The van der Waals surface area contributed by atoms with Crippen molar-refractivity contribution in [3.63, 3.8) is 0 Å². The smallest absolute Gasteiger partial charge is 0.271 e. The van der Waals surface area contributed by atoms with Crippen molar-refractivity contribution in [3.8, 4) is 0 Å². The SMILES string of the molecule is COC1CC=C(c2nn(C)c(C(=O)N[C@@H](C)C(C)(C)C)c2NS(=O)(=O)c2ccc(Cl)cc2)CC1.